The summed E-state index contributed by atoms with van der Waals surface area (Å²) >= 11 is 0. The topological polar surface area (TPSA) is 64.7 Å². The van der Waals surface area contributed by atoms with Crippen molar-refractivity contribution in [1.82, 2.24) is 20.4 Å². The molecule has 0 saturated carbocycles. The normalized spacial score (nSPS) is 9.79. The summed E-state index contributed by atoms with van der Waals surface area (Å²) in [7, 11) is 7.14. The van der Waals surface area contributed by atoms with Crippen LogP contribution in [0.25, 0.3) is 0 Å². The Hall–Kier alpha value is -1.24. The van der Waals surface area contributed by atoms with Crippen molar-refractivity contribution in [2.24, 2.45) is 0 Å². The Bertz CT molecular complexity index is 202. The van der Waals surface area contributed by atoms with E-state index in [4.69, 9.17) is 0 Å². The Balaban J connectivity index is 4.37. The monoisotopic (exact) mass is 218 g/mol. The third-order valence-electron chi connectivity index (χ3n) is 2.19. The van der Waals surface area contributed by atoms with Gasteiger partial charge in [0, 0.05) is 28.2 Å². The molecule has 0 heterocycles. The Morgan fingerprint density at radius 2 is 1.36 bits per heavy atom. The zero-order valence-electron chi connectivity index (χ0n) is 9.29. The summed E-state index contributed by atoms with van der Waals surface area (Å²) in [6.45, 7) is 0. The van der Waals surface area contributed by atoms with Crippen LogP contribution in [0.4, 0.5) is 9.59 Å². The van der Waals surface area contributed by atoms with Crippen molar-refractivity contribution in [3.05, 3.63) is 0 Å². The molecule has 0 saturated heterocycles. The van der Waals surface area contributed by atoms with Gasteiger partial charge in [0.2, 0.25) is 0 Å². The van der Waals surface area contributed by atoms with E-state index in [1.54, 1.807) is 28.2 Å². The van der Waals surface area contributed by atoms with E-state index in [-0.39, 0.29) is 17.9 Å². The molecule has 0 aromatic carbocycles. The second-order valence-corrected chi connectivity index (χ2v) is 4.00. The van der Waals surface area contributed by atoms with Gasteiger partial charge >= 0.3 is 12.1 Å². The highest BCUT2D eigenvalue weighted by Crippen LogP contribution is 1.98. The minimum atomic E-state index is -0.194. The molecule has 0 atom stereocenters. The molecule has 14 heavy (non-hydrogen) atoms. The lowest BCUT2D eigenvalue weighted by Gasteiger charge is -2.32. The third kappa shape index (κ3) is 2.91. The van der Waals surface area contributed by atoms with Crippen molar-refractivity contribution in [2.75, 3.05) is 28.2 Å². The van der Waals surface area contributed by atoms with Crippen LogP contribution in [0.2, 0.25) is 0 Å². The number of carbonyl (C=O) groups excluding carboxylic acids is 2. The number of nitrogens with one attached hydrogen (secondary N) is 2. The first-order valence-corrected chi connectivity index (χ1v) is 5.50. The predicted octanol–water partition coefficient (Wildman–Crippen LogP) is -1.82. The fraction of sp³-hybridized carbons (Fsp3) is 0.714. The molecule has 0 rings (SSSR count). The Morgan fingerprint density at radius 1 is 1.07 bits per heavy atom. The molecule has 0 aliphatic heterocycles. The van der Waals surface area contributed by atoms with Crippen molar-refractivity contribution in [2.45, 2.75) is 5.79 Å². The second kappa shape index (κ2) is 5.48. The molecule has 0 aliphatic rings. The Kier molecular flexibility index (Phi) is 4.99. The first-order valence-electron chi connectivity index (χ1n) is 4.34. The predicted molar refractivity (Wildman–Crippen MR) is 58.2 cm³/mol. The van der Waals surface area contributed by atoms with Crippen LogP contribution in [0, 0.1) is 0 Å². The number of carbonyl (C=O) groups is 2. The molecule has 2 N–H and O–H groups in total. The van der Waals surface area contributed by atoms with E-state index >= 15 is 0 Å². The van der Waals surface area contributed by atoms with Crippen LogP contribution in [0.5, 0.6) is 0 Å². The fourth-order valence-electron chi connectivity index (χ4n) is 0.952. The van der Waals surface area contributed by atoms with Crippen molar-refractivity contribution < 1.29 is 9.59 Å². The molecule has 82 valence electrons. The third-order valence-corrected chi connectivity index (χ3v) is 3.74. The fourth-order valence-corrected chi connectivity index (χ4v) is 1.42. The lowest BCUT2D eigenvalue weighted by atomic mass is 10.6. The molecule has 7 heteroatoms. The average Bonchev–Trinajstić information content (AvgIpc) is 2.23. The number of amides is 4. The Labute approximate surface area is 87.0 Å². The zero-order chi connectivity index (χ0) is 11.3. The SMILES string of the molecule is CNC(=O)N(C)C([SiH3])N(C)C(=O)NC. The Morgan fingerprint density at radius 3 is 1.57 bits per heavy atom. The van der Waals surface area contributed by atoms with E-state index in [1.165, 1.54) is 9.80 Å². The summed E-state index contributed by atoms with van der Waals surface area (Å²) in [4.78, 5) is 25.5. The van der Waals surface area contributed by atoms with Crippen molar-refractivity contribution in [3.63, 3.8) is 0 Å². The van der Waals surface area contributed by atoms with Gasteiger partial charge in [0.1, 0.15) is 0 Å². The molecule has 0 aliphatic carbocycles. The van der Waals surface area contributed by atoms with Crippen molar-refractivity contribution >= 4 is 22.3 Å². The van der Waals surface area contributed by atoms with E-state index in [9.17, 15) is 9.59 Å². The van der Waals surface area contributed by atoms with Crippen LogP contribution in [0.1, 0.15) is 0 Å². The van der Waals surface area contributed by atoms with Gasteiger partial charge in [-0.3, -0.25) is 0 Å². The summed E-state index contributed by atoms with van der Waals surface area (Å²) in [5.74, 6) is -0.158. The minimum absolute atomic E-state index is 0.158. The van der Waals surface area contributed by atoms with E-state index in [0.717, 1.165) is 0 Å². The summed E-state index contributed by atoms with van der Waals surface area (Å²) in [6.07, 6.45) is 0. The maximum atomic E-state index is 11.2. The first-order chi connectivity index (χ1) is 6.45. The first kappa shape index (κ1) is 12.8. The van der Waals surface area contributed by atoms with Gasteiger partial charge in [-0.2, -0.15) is 0 Å². The molecule has 0 fully saturated rings. The van der Waals surface area contributed by atoms with Crippen molar-refractivity contribution in [3.8, 4) is 0 Å². The summed E-state index contributed by atoms with van der Waals surface area (Å²) in [6, 6.07) is -0.387. The van der Waals surface area contributed by atoms with Crippen LogP contribution in [0.15, 0.2) is 0 Å². The molecule has 0 unspecified atom stereocenters. The van der Waals surface area contributed by atoms with Gasteiger partial charge < -0.3 is 20.4 Å². The standard InChI is InChI=1S/C7H18N4O2Si/c1-8-5(12)10(3)7(14)11(4)6(13)9-2/h7H,1-4,14H3,(H,8,12)(H,9,13). The maximum absolute atomic E-state index is 11.2. The van der Waals surface area contributed by atoms with Crippen LogP contribution in [-0.4, -0.2) is 66.1 Å². The summed E-state index contributed by atoms with van der Waals surface area (Å²) in [5, 5.41) is 5.02. The van der Waals surface area contributed by atoms with Crippen LogP contribution in [-0.2, 0) is 0 Å². The highest BCUT2D eigenvalue weighted by Gasteiger charge is 2.21. The highest BCUT2D eigenvalue weighted by atomic mass is 28.1. The smallest absolute Gasteiger partial charge is 0.318 e. The number of hydrogen-bond donors (Lipinski definition) is 2. The highest BCUT2D eigenvalue weighted by molar-refractivity contribution is 6.13. The van der Waals surface area contributed by atoms with Gasteiger partial charge in [-0.1, -0.05) is 0 Å². The minimum Gasteiger partial charge on any atom is -0.341 e. The van der Waals surface area contributed by atoms with Gasteiger partial charge in [0.15, 0.2) is 0 Å². The van der Waals surface area contributed by atoms with Crippen LogP contribution in [0.3, 0.4) is 0 Å². The lowest BCUT2D eigenvalue weighted by Crippen LogP contribution is -2.54. The van der Waals surface area contributed by atoms with E-state index in [2.05, 4.69) is 10.6 Å². The second-order valence-electron chi connectivity index (χ2n) is 2.96. The molecular weight excluding hydrogens is 200 g/mol. The van der Waals surface area contributed by atoms with Crippen molar-refractivity contribution in [1.29, 1.82) is 0 Å². The zero-order valence-corrected chi connectivity index (χ0v) is 11.3. The van der Waals surface area contributed by atoms with Gasteiger partial charge in [-0.15, -0.1) is 0 Å². The van der Waals surface area contributed by atoms with Gasteiger partial charge in [-0.05, 0) is 0 Å². The van der Waals surface area contributed by atoms with E-state index < -0.39 is 0 Å². The quantitative estimate of drug-likeness (QED) is 0.423. The number of rotatable bonds is 2. The molecule has 0 aromatic rings. The maximum Gasteiger partial charge on any atom is 0.318 e. The molecule has 0 bridgehead atoms. The van der Waals surface area contributed by atoms with Crippen LogP contribution < -0.4 is 10.6 Å². The lowest BCUT2D eigenvalue weighted by molar-refractivity contribution is 0.154. The molecule has 0 spiro atoms. The molecule has 0 aromatic heterocycles. The molecule has 0 radical (unpaired) electrons. The van der Waals surface area contributed by atoms with Crippen LogP contribution >= 0.6 is 0 Å². The summed E-state index contributed by atoms with van der Waals surface area (Å²) < 4.78 is 0. The van der Waals surface area contributed by atoms with Gasteiger partial charge in [-0.25, -0.2) is 9.59 Å². The van der Waals surface area contributed by atoms with Gasteiger partial charge in [0.25, 0.3) is 0 Å². The van der Waals surface area contributed by atoms with E-state index in [0.29, 0.717) is 10.2 Å². The number of hydrogen-bond acceptors (Lipinski definition) is 2. The summed E-state index contributed by atoms with van der Waals surface area (Å²) in [5.41, 5.74) is 0. The molecule has 4 amide bonds. The number of nitrogens with zero attached hydrogens (tertiary/aromatic N) is 2. The largest absolute Gasteiger partial charge is 0.341 e. The van der Waals surface area contributed by atoms with E-state index in [1.807, 2.05) is 0 Å². The molecule has 6 nitrogen and oxygen atoms in total. The average molecular weight is 218 g/mol. The van der Waals surface area contributed by atoms with Gasteiger partial charge in [0.05, 0.1) is 16.0 Å². The molecular formula is C7H18N4O2Si. The number of urea groups is 2.